The molecule has 2 N–H and O–H groups in total. The van der Waals surface area contributed by atoms with Gasteiger partial charge in [-0.2, -0.15) is 13.2 Å². The lowest BCUT2D eigenvalue weighted by Gasteiger charge is -2.20. The summed E-state index contributed by atoms with van der Waals surface area (Å²) in [6, 6.07) is 0. The quantitative estimate of drug-likeness (QED) is 0.645. The standard InChI is InChI=1S/C14H15F3N2O3S/c1-7-11(14(15,16)17)23-13(18-7)19-12(21)9-5-3-4-6-10(9)22-8(2)20/h4,6,12,21H,3,5H2,1-2H3,(H,18,19). The summed E-state index contributed by atoms with van der Waals surface area (Å²) in [5, 5.41) is 12.7. The molecule has 0 radical (unpaired) electrons. The molecule has 0 spiro atoms. The number of hydrogen-bond acceptors (Lipinski definition) is 6. The van der Waals surface area contributed by atoms with Gasteiger partial charge in [-0.15, -0.1) is 0 Å². The van der Waals surface area contributed by atoms with Gasteiger partial charge < -0.3 is 15.2 Å². The molecule has 0 bridgehead atoms. The van der Waals surface area contributed by atoms with Crippen molar-refractivity contribution < 1.29 is 27.8 Å². The molecule has 2 rings (SSSR count). The Morgan fingerprint density at radius 1 is 1.52 bits per heavy atom. The summed E-state index contributed by atoms with van der Waals surface area (Å²) >= 11 is 0.418. The summed E-state index contributed by atoms with van der Waals surface area (Å²) in [6.45, 7) is 2.48. The molecule has 1 aliphatic rings. The molecule has 0 amide bonds. The van der Waals surface area contributed by atoms with Gasteiger partial charge in [0.15, 0.2) is 11.4 Å². The van der Waals surface area contributed by atoms with Gasteiger partial charge in [0.05, 0.1) is 5.69 Å². The fourth-order valence-electron chi connectivity index (χ4n) is 2.11. The zero-order chi connectivity index (χ0) is 17.2. The Kier molecular flexibility index (Phi) is 5.10. The number of carbonyl (C=O) groups excluding carboxylic acids is 1. The van der Waals surface area contributed by atoms with Crippen molar-refractivity contribution in [3.05, 3.63) is 34.1 Å². The van der Waals surface area contributed by atoms with E-state index in [4.69, 9.17) is 4.74 Å². The summed E-state index contributed by atoms with van der Waals surface area (Å²) in [7, 11) is 0. The van der Waals surface area contributed by atoms with Crippen molar-refractivity contribution >= 4 is 22.4 Å². The number of aliphatic hydroxyl groups excluding tert-OH is 1. The van der Waals surface area contributed by atoms with E-state index >= 15 is 0 Å². The van der Waals surface area contributed by atoms with Crippen LogP contribution < -0.4 is 5.32 Å². The fourth-order valence-corrected chi connectivity index (χ4v) is 2.97. The van der Waals surface area contributed by atoms with E-state index < -0.39 is 23.3 Å². The van der Waals surface area contributed by atoms with Gasteiger partial charge in [-0.25, -0.2) is 4.98 Å². The van der Waals surface area contributed by atoms with E-state index in [-0.39, 0.29) is 16.6 Å². The van der Waals surface area contributed by atoms with Crippen molar-refractivity contribution in [2.75, 3.05) is 5.32 Å². The van der Waals surface area contributed by atoms with Gasteiger partial charge in [0, 0.05) is 12.5 Å². The van der Waals surface area contributed by atoms with Crippen LogP contribution in [0.4, 0.5) is 18.3 Å². The van der Waals surface area contributed by atoms with Crippen molar-refractivity contribution in [1.82, 2.24) is 4.98 Å². The lowest BCUT2D eigenvalue weighted by atomic mass is 10.0. The number of ether oxygens (including phenoxy) is 1. The van der Waals surface area contributed by atoms with E-state index in [0.717, 1.165) is 0 Å². The Labute approximate surface area is 134 Å². The van der Waals surface area contributed by atoms with Crippen LogP contribution in [0.3, 0.4) is 0 Å². The third kappa shape index (κ3) is 4.32. The van der Waals surface area contributed by atoms with Gasteiger partial charge in [0.2, 0.25) is 0 Å². The zero-order valence-electron chi connectivity index (χ0n) is 12.4. The maximum absolute atomic E-state index is 12.8. The molecule has 1 unspecified atom stereocenters. The molecule has 1 aromatic rings. The number of anilines is 1. The van der Waals surface area contributed by atoms with Gasteiger partial charge in [-0.3, -0.25) is 4.79 Å². The van der Waals surface area contributed by atoms with Crippen molar-refractivity contribution in [2.45, 2.75) is 39.1 Å². The Hall–Kier alpha value is -1.87. The number of thiazole rings is 1. The summed E-state index contributed by atoms with van der Waals surface area (Å²) in [5.41, 5.74) is 0.235. The van der Waals surface area contributed by atoms with Crippen LogP contribution in [-0.2, 0) is 15.7 Å². The first-order valence-electron chi connectivity index (χ1n) is 6.75. The van der Waals surface area contributed by atoms with Crippen LogP contribution >= 0.6 is 11.3 Å². The largest absolute Gasteiger partial charge is 0.427 e. The predicted octanol–water partition coefficient (Wildman–Crippen LogP) is 3.37. The van der Waals surface area contributed by atoms with Gasteiger partial charge in [-0.1, -0.05) is 17.4 Å². The van der Waals surface area contributed by atoms with Crippen molar-refractivity contribution in [2.24, 2.45) is 0 Å². The van der Waals surface area contributed by atoms with Gasteiger partial charge in [0.1, 0.15) is 10.6 Å². The molecule has 1 aliphatic carbocycles. The van der Waals surface area contributed by atoms with Crippen molar-refractivity contribution in [3.8, 4) is 0 Å². The normalized spacial score (nSPS) is 16.4. The number of nitrogens with zero attached hydrogens (tertiary/aromatic N) is 1. The molecule has 5 nitrogen and oxygen atoms in total. The molecule has 0 fully saturated rings. The molecule has 1 aromatic heterocycles. The van der Waals surface area contributed by atoms with Gasteiger partial charge in [-0.05, 0) is 25.8 Å². The van der Waals surface area contributed by atoms with E-state index in [2.05, 4.69) is 10.3 Å². The number of esters is 1. The van der Waals surface area contributed by atoms with Crippen LogP contribution in [0, 0.1) is 6.92 Å². The first-order valence-corrected chi connectivity index (χ1v) is 7.57. The molecule has 0 aliphatic heterocycles. The van der Waals surface area contributed by atoms with E-state index in [0.29, 0.717) is 29.8 Å². The van der Waals surface area contributed by atoms with E-state index in [1.165, 1.54) is 13.8 Å². The minimum absolute atomic E-state index is 0.0495. The number of aromatic nitrogens is 1. The van der Waals surface area contributed by atoms with E-state index in [9.17, 15) is 23.1 Å². The van der Waals surface area contributed by atoms with Crippen LogP contribution in [0.15, 0.2) is 23.5 Å². The second kappa shape index (κ2) is 6.71. The van der Waals surface area contributed by atoms with E-state index in [1.807, 2.05) is 0 Å². The second-order valence-electron chi connectivity index (χ2n) is 4.90. The monoisotopic (exact) mass is 348 g/mol. The molecule has 1 heterocycles. The van der Waals surface area contributed by atoms with Crippen molar-refractivity contribution in [1.29, 1.82) is 0 Å². The van der Waals surface area contributed by atoms with Gasteiger partial charge in [0.25, 0.3) is 0 Å². The molecule has 1 atom stereocenters. The lowest BCUT2D eigenvalue weighted by molar-refractivity contribution is -0.137. The molecule has 0 saturated carbocycles. The summed E-state index contributed by atoms with van der Waals surface area (Å²) in [6.07, 6.45) is -1.39. The smallest absolute Gasteiger partial charge is 0.427 e. The molecule has 0 aromatic carbocycles. The molecule has 0 saturated heterocycles. The van der Waals surface area contributed by atoms with Crippen LogP contribution in [0.2, 0.25) is 0 Å². The minimum atomic E-state index is -4.48. The Morgan fingerprint density at radius 2 is 2.22 bits per heavy atom. The highest BCUT2D eigenvalue weighted by Gasteiger charge is 2.36. The topological polar surface area (TPSA) is 71.5 Å². The molecular formula is C14H15F3N2O3S. The summed E-state index contributed by atoms with van der Waals surface area (Å²) < 4.78 is 43.3. The summed E-state index contributed by atoms with van der Waals surface area (Å²) in [4.78, 5) is 14.0. The first-order chi connectivity index (χ1) is 10.7. The van der Waals surface area contributed by atoms with Crippen LogP contribution in [-0.4, -0.2) is 22.3 Å². The number of allylic oxidation sites excluding steroid dienone is 2. The average Bonchev–Trinajstić information content (AvgIpc) is 2.79. The highest BCUT2D eigenvalue weighted by Crippen LogP contribution is 2.38. The second-order valence-corrected chi connectivity index (χ2v) is 5.90. The van der Waals surface area contributed by atoms with Crippen LogP contribution in [0.1, 0.15) is 30.3 Å². The zero-order valence-corrected chi connectivity index (χ0v) is 13.2. The van der Waals surface area contributed by atoms with E-state index in [1.54, 1.807) is 12.2 Å². The number of halogens is 3. The molecule has 23 heavy (non-hydrogen) atoms. The number of aryl methyl sites for hydroxylation is 1. The minimum Gasteiger partial charge on any atom is -0.427 e. The third-order valence-corrected chi connectivity index (χ3v) is 4.20. The Bertz CT molecular complexity index is 665. The number of nitrogens with one attached hydrogen (secondary N) is 1. The highest BCUT2D eigenvalue weighted by atomic mass is 32.1. The maximum atomic E-state index is 12.8. The number of alkyl halides is 3. The predicted molar refractivity (Wildman–Crippen MR) is 78.6 cm³/mol. The molecule has 9 heteroatoms. The first kappa shape index (κ1) is 17.5. The Morgan fingerprint density at radius 3 is 2.78 bits per heavy atom. The number of hydrogen-bond donors (Lipinski definition) is 2. The van der Waals surface area contributed by atoms with Crippen LogP contribution in [0.5, 0.6) is 0 Å². The lowest BCUT2D eigenvalue weighted by Crippen LogP contribution is -2.24. The summed E-state index contributed by atoms with van der Waals surface area (Å²) in [5.74, 6) is -0.339. The fraction of sp³-hybridized carbons (Fsp3) is 0.429. The van der Waals surface area contributed by atoms with Crippen LogP contribution in [0.25, 0.3) is 0 Å². The molecule has 126 valence electrons. The molecular weight excluding hydrogens is 333 g/mol. The highest BCUT2D eigenvalue weighted by molar-refractivity contribution is 7.15. The maximum Gasteiger partial charge on any atom is 0.427 e. The van der Waals surface area contributed by atoms with Crippen molar-refractivity contribution in [3.63, 3.8) is 0 Å². The van der Waals surface area contributed by atoms with Gasteiger partial charge >= 0.3 is 12.1 Å². The Balaban J connectivity index is 2.21. The third-order valence-electron chi connectivity index (χ3n) is 3.06. The average molecular weight is 348 g/mol. The SMILES string of the molecule is CC(=O)OC1=C(C(O)Nc2nc(C)c(C(F)(F)F)s2)CCC=C1. The number of rotatable bonds is 4. The number of carbonyl (C=O) groups is 1. The number of aliphatic hydroxyl groups is 1.